The number of thiophene rings is 1. The number of carbonyl (C=O) groups is 1. The van der Waals surface area contributed by atoms with E-state index in [9.17, 15) is 4.79 Å². The number of carbonyl (C=O) groups excluding carboxylic acids is 1. The molecule has 5 heteroatoms. The molecule has 17 heavy (non-hydrogen) atoms. The Bertz CT molecular complexity index is 392. The third kappa shape index (κ3) is 3.30. The Balaban J connectivity index is 1.99. The van der Waals surface area contributed by atoms with Crippen molar-refractivity contribution in [2.24, 2.45) is 5.92 Å². The number of rotatable bonds is 3. The maximum Gasteiger partial charge on any atom is 0.263 e. The van der Waals surface area contributed by atoms with Crippen LogP contribution in [0.25, 0.3) is 0 Å². The molecule has 1 saturated heterocycles. The summed E-state index contributed by atoms with van der Waals surface area (Å²) in [6, 6.07) is 3.84. The monoisotopic (exact) mass is 316 g/mol. The summed E-state index contributed by atoms with van der Waals surface area (Å²) in [6.45, 7) is 2.78. The molecule has 1 unspecified atom stereocenters. The van der Waals surface area contributed by atoms with Gasteiger partial charge in [0.2, 0.25) is 0 Å². The summed E-state index contributed by atoms with van der Waals surface area (Å²) in [7, 11) is 1.97. The van der Waals surface area contributed by atoms with Crippen LogP contribution in [0.5, 0.6) is 0 Å². The summed E-state index contributed by atoms with van der Waals surface area (Å²) >= 11 is 4.91. The molecule has 94 valence electrons. The molecular formula is C12H17BrN2OS. The average Bonchev–Trinajstić information content (AvgIpc) is 2.76. The van der Waals surface area contributed by atoms with Gasteiger partial charge in [-0.05, 0) is 60.4 Å². The van der Waals surface area contributed by atoms with Gasteiger partial charge in [-0.25, -0.2) is 0 Å². The lowest BCUT2D eigenvalue weighted by Gasteiger charge is -2.32. The number of amides is 1. The van der Waals surface area contributed by atoms with E-state index in [1.165, 1.54) is 17.8 Å². The number of hydrogen-bond acceptors (Lipinski definition) is 3. The Morgan fingerprint density at radius 2 is 2.47 bits per heavy atom. The van der Waals surface area contributed by atoms with E-state index in [0.29, 0.717) is 5.92 Å². The molecule has 0 bridgehead atoms. The molecule has 0 saturated carbocycles. The summed E-state index contributed by atoms with van der Waals surface area (Å²) < 4.78 is 1.02. The van der Waals surface area contributed by atoms with Crippen LogP contribution >= 0.6 is 27.3 Å². The van der Waals surface area contributed by atoms with Crippen molar-refractivity contribution in [1.29, 1.82) is 0 Å². The van der Waals surface area contributed by atoms with E-state index in [2.05, 4.69) is 21.2 Å². The van der Waals surface area contributed by atoms with Crippen LogP contribution in [0.15, 0.2) is 15.9 Å². The topological polar surface area (TPSA) is 32.3 Å². The number of nitrogens with one attached hydrogen (secondary N) is 1. The van der Waals surface area contributed by atoms with Gasteiger partial charge >= 0.3 is 0 Å². The summed E-state index contributed by atoms with van der Waals surface area (Å²) in [4.78, 5) is 15.1. The molecule has 1 amide bonds. The molecule has 0 spiro atoms. The lowest BCUT2D eigenvalue weighted by atomic mass is 9.98. The highest BCUT2D eigenvalue weighted by Gasteiger charge is 2.24. The molecule has 1 fully saturated rings. The predicted molar refractivity (Wildman–Crippen MR) is 74.6 cm³/mol. The van der Waals surface area contributed by atoms with E-state index in [1.54, 1.807) is 0 Å². The molecule has 0 radical (unpaired) electrons. The van der Waals surface area contributed by atoms with Crippen molar-refractivity contribution in [3.63, 3.8) is 0 Å². The van der Waals surface area contributed by atoms with Crippen LogP contribution in [0.2, 0.25) is 0 Å². The highest BCUT2D eigenvalue weighted by molar-refractivity contribution is 9.11. The molecule has 2 rings (SSSR count). The standard InChI is InChI=1S/C12H17BrN2OS/c1-14-7-9-3-2-6-15(8-9)12(16)10-4-5-11(13)17-10/h4-5,9,14H,2-3,6-8H2,1H3. The first kappa shape index (κ1) is 13.1. The van der Waals surface area contributed by atoms with Gasteiger partial charge < -0.3 is 10.2 Å². The van der Waals surface area contributed by atoms with Crippen molar-refractivity contribution in [2.75, 3.05) is 26.7 Å². The first-order chi connectivity index (χ1) is 8.20. The van der Waals surface area contributed by atoms with E-state index in [-0.39, 0.29) is 5.91 Å². The molecule has 1 aromatic rings. The third-order valence-electron chi connectivity index (χ3n) is 3.08. The molecule has 1 aliphatic rings. The van der Waals surface area contributed by atoms with Gasteiger partial charge in [0, 0.05) is 13.1 Å². The minimum atomic E-state index is 0.182. The Hall–Kier alpha value is -0.390. The van der Waals surface area contributed by atoms with Gasteiger partial charge in [-0.1, -0.05) is 0 Å². The Morgan fingerprint density at radius 1 is 1.65 bits per heavy atom. The van der Waals surface area contributed by atoms with Crippen LogP contribution in [-0.2, 0) is 0 Å². The largest absolute Gasteiger partial charge is 0.338 e. The van der Waals surface area contributed by atoms with Crippen LogP contribution in [-0.4, -0.2) is 37.5 Å². The van der Waals surface area contributed by atoms with Crippen LogP contribution in [0.1, 0.15) is 22.5 Å². The Labute approximate surface area is 114 Å². The summed E-state index contributed by atoms with van der Waals surface area (Å²) in [6.07, 6.45) is 2.34. The zero-order chi connectivity index (χ0) is 12.3. The van der Waals surface area contributed by atoms with Crippen molar-refractivity contribution in [1.82, 2.24) is 10.2 Å². The van der Waals surface area contributed by atoms with Gasteiger partial charge in [-0.2, -0.15) is 0 Å². The van der Waals surface area contributed by atoms with Gasteiger partial charge in [-0.15, -0.1) is 11.3 Å². The van der Waals surface area contributed by atoms with E-state index in [0.717, 1.165) is 34.7 Å². The maximum atomic E-state index is 12.3. The maximum absolute atomic E-state index is 12.3. The Kier molecular flexibility index (Phi) is 4.59. The summed E-state index contributed by atoms with van der Waals surface area (Å²) in [5.41, 5.74) is 0. The zero-order valence-electron chi connectivity index (χ0n) is 9.91. The highest BCUT2D eigenvalue weighted by Crippen LogP contribution is 2.25. The molecule has 0 aliphatic carbocycles. The first-order valence-electron chi connectivity index (χ1n) is 5.90. The second-order valence-electron chi connectivity index (χ2n) is 4.42. The number of halogens is 1. The predicted octanol–water partition coefficient (Wildman–Crippen LogP) is 2.58. The lowest BCUT2D eigenvalue weighted by molar-refractivity contribution is 0.0679. The molecule has 1 N–H and O–H groups in total. The number of likely N-dealkylation sites (tertiary alicyclic amines) is 1. The molecule has 3 nitrogen and oxygen atoms in total. The summed E-state index contributed by atoms with van der Waals surface area (Å²) in [5.74, 6) is 0.780. The molecular weight excluding hydrogens is 300 g/mol. The normalized spacial score (nSPS) is 20.6. The fourth-order valence-corrected chi connectivity index (χ4v) is 3.64. The average molecular weight is 317 g/mol. The fourth-order valence-electron chi connectivity index (χ4n) is 2.29. The van der Waals surface area contributed by atoms with Gasteiger partial charge in [0.15, 0.2) is 0 Å². The third-order valence-corrected chi connectivity index (χ3v) is 4.69. The number of piperidine rings is 1. The van der Waals surface area contributed by atoms with Crippen molar-refractivity contribution in [2.45, 2.75) is 12.8 Å². The number of nitrogens with zero attached hydrogens (tertiary/aromatic N) is 1. The van der Waals surface area contributed by atoms with Gasteiger partial charge in [0.1, 0.15) is 0 Å². The number of hydrogen-bond donors (Lipinski definition) is 1. The van der Waals surface area contributed by atoms with Crippen molar-refractivity contribution in [3.8, 4) is 0 Å². The Morgan fingerprint density at radius 3 is 3.12 bits per heavy atom. The van der Waals surface area contributed by atoms with Crippen LogP contribution in [0, 0.1) is 5.92 Å². The molecule has 2 heterocycles. The second kappa shape index (κ2) is 5.98. The molecule has 1 aromatic heterocycles. The minimum Gasteiger partial charge on any atom is -0.338 e. The highest BCUT2D eigenvalue weighted by atomic mass is 79.9. The van der Waals surface area contributed by atoms with Crippen LogP contribution in [0.3, 0.4) is 0 Å². The van der Waals surface area contributed by atoms with Crippen LogP contribution in [0.4, 0.5) is 0 Å². The van der Waals surface area contributed by atoms with Crippen molar-refractivity contribution in [3.05, 3.63) is 20.8 Å². The van der Waals surface area contributed by atoms with E-state index in [1.807, 2.05) is 24.1 Å². The summed E-state index contributed by atoms with van der Waals surface area (Å²) in [5, 5.41) is 3.20. The minimum absolute atomic E-state index is 0.182. The van der Waals surface area contributed by atoms with Crippen molar-refractivity contribution >= 4 is 33.2 Å². The van der Waals surface area contributed by atoms with Gasteiger partial charge in [0.25, 0.3) is 5.91 Å². The van der Waals surface area contributed by atoms with Gasteiger partial charge in [0.05, 0.1) is 8.66 Å². The fraction of sp³-hybridized carbons (Fsp3) is 0.583. The molecule has 0 aromatic carbocycles. The van der Waals surface area contributed by atoms with Crippen LogP contribution < -0.4 is 5.32 Å². The van der Waals surface area contributed by atoms with Gasteiger partial charge in [-0.3, -0.25) is 4.79 Å². The lowest BCUT2D eigenvalue weighted by Crippen LogP contribution is -2.42. The smallest absolute Gasteiger partial charge is 0.263 e. The molecule has 1 aliphatic heterocycles. The van der Waals surface area contributed by atoms with E-state index < -0.39 is 0 Å². The first-order valence-corrected chi connectivity index (χ1v) is 7.51. The SMILES string of the molecule is CNCC1CCCN(C(=O)c2ccc(Br)s2)C1. The quantitative estimate of drug-likeness (QED) is 0.929. The zero-order valence-corrected chi connectivity index (χ0v) is 12.3. The van der Waals surface area contributed by atoms with Crippen molar-refractivity contribution < 1.29 is 4.79 Å². The molecule has 1 atom stereocenters. The second-order valence-corrected chi connectivity index (χ2v) is 6.88. The van der Waals surface area contributed by atoms with E-state index in [4.69, 9.17) is 0 Å². The van der Waals surface area contributed by atoms with E-state index >= 15 is 0 Å².